The lowest BCUT2D eigenvalue weighted by atomic mass is 9.85. The smallest absolute Gasteiger partial charge is 0.0271 e. The number of aromatic nitrogens is 1. The van der Waals surface area contributed by atoms with Crippen LogP contribution in [0.4, 0.5) is 0 Å². The second-order valence-corrected chi connectivity index (χ2v) is 5.34. The molecule has 2 atom stereocenters. The molecule has 0 saturated carbocycles. The molecule has 92 valence electrons. The van der Waals surface area contributed by atoms with Crippen LogP contribution in [0.15, 0.2) is 24.5 Å². The number of fused-ring (bicyclic) bond motifs is 1. The van der Waals surface area contributed by atoms with Crippen molar-refractivity contribution in [3.05, 3.63) is 30.1 Å². The average Bonchev–Trinajstić information content (AvgIpc) is 2.40. The van der Waals surface area contributed by atoms with Gasteiger partial charge < -0.3 is 5.32 Å². The number of hydrogen-bond acceptors (Lipinski definition) is 3. The van der Waals surface area contributed by atoms with Crippen LogP contribution in [-0.4, -0.2) is 35.6 Å². The molecule has 3 nitrogen and oxygen atoms in total. The highest BCUT2D eigenvalue weighted by Crippen LogP contribution is 2.25. The molecular formula is C14H21N3. The predicted octanol–water partition coefficient (Wildman–Crippen LogP) is 1.66. The molecule has 1 N–H and O–H groups in total. The van der Waals surface area contributed by atoms with E-state index in [2.05, 4.69) is 27.3 Å². The molecule has 2 unspecified atom stereocenters. The van der Waals surface area contributed by atoms with Crippen LogP contribution in [0, 0.1) is 5.92 Å². The summed E-state index contributed by atoms with van der Waals surface area (Å²) in [6.45, 7) is 4.81. The third-order valence-corrected chi connectivity index (χ3v) is 4.13. The van der Waals surface area contributed by atoms with E-state index in [1.54, 1.807) is 0 Å². The lowest BCUT2D eigenvalue weighted by Gasteiger charge is -2.41. The number of hydrogen-bond donors (Lipinski definition) is 1. The van der Waals surface area contributed by atoms with Crippen molar-refractivity contribution in [2.45, 2.75) is 31.8 Å². The van der Waals surface area contributed by atoms with Crippen LogP contribution in [-0.2, 0) is 6.54 Å². The number of nitrogens with one attached hydrogen (secondary N) is 1. The molecule has 2 saturated heterocycles. The van der Waals surface area contributed by atoms with Crippen LogP contribution in [0.2, 0.25) is 0 Å². The van der Waals surface area contributed by atoms with Crippen molar-refractivity contribution < 1.29 is 0 Å². The summed E-state index contributed by atoms with van der Waals surface area (Å²) in [4.78, 5) is 6.68. The summed E-state index contributed by atoms with van der Waals surface area (Å²) in [5.74, 6) is 0.874. The molecule has 2 aliphatic heterocycles. The Hall–Kier alpha value is -0.930. The topological polar surface area (TPSA) is 28.2 Å². The number of pyridine rings is 1. The van der Waals surface area contributed by atoms with Crippen LogP contribution in [0.1, 0.15) is 24.8 Å². The van der Waals surface area contributed by atoms with Crippen LogP contribution >= 0.6 is 0 Å². The van der Waals surface area contributed by atoms with Gasteiger partial charge in [-0.2, -0.15) is 0 Å². The minimum atomic E-state index is 0.789. The minimum Gasteiger partial charge on any atom is -0.314 e. The molecule has 1 aromatic rings. The molecule has 0 spiro atoms. The first-order valence-electron chi connectivity index (χ1n) is 6.76. The zero-order valence-electron chi connectivity index (χ0n) is 10.3. The van der Waals surface area contributed by atoms with Crippen molar-refractivity contribution in [2.75, 3.05) is 19.6 Å². The molecular weight excluding hydrogens is 210 g/mol. The van der Waals surface area contributed by atoms with Gasteiger partial charge in [0.2, 0.25) is 0 Å². The molecule has 2 fully saturated rings. The maximum absolute atomic E-state index is 4.08. The van der Waals surface area contributed by atoms with Gasteiger partial charge in [-0.3, -0.25) is 9.88 Å². The molecule has 0 bridgehead atoms. The second kappa shape index (κ2) is 5.15. The van der Waals surface area contributed by atoms with Crippen LogP contribution in [0.5, 0.6) is 0 Å². The summed E-state index contributed by atoms with van der Waals surface area (Å²) in [7, 11) is 0. The van der Waals surface area contributed by atoms with E-state index in [4.69, 9.17) is 0 Å². The third-order valence-electron chi connectivity index (χ3n) is 4.13. The van der Waals surface area contributed by atoms with Crippen molar-refractivity contribution in [2.24, 2.45) is 5.92 Å². The van der Waals surface area contributed by atoms with E-state index in [1.807, 2.05) is 12.4 Å². The van der Waals surface area contributed by atoms with E-state index >= 15 is 0 Å². The quantitative estimate of drug-likeness (QED) is 0.839. The SMILES string of the molecule is c1cc(CN2CCC3NCCCC3C2)ccn1. The summed E-state index contributed by atoms with van der Waals surface area (Å²) in [6, 6.07) is 5.05. The number of rotatable bonds is 2. The van der Waals surface area contributed by atoms with Crippen molar-refractivity contribution in [1.29, 1.82) is 0 Å². The van der Waals surface area contributed by atoms with Gasteiger partial charge in [-0.15, -0.1) is 0 Å². The molecule has 0 radical (unpaired) electrons. The van der Waals surface area contributed by atoms with Gasteiger partial charge in [-0.1, -0.05) is 0 Å². The second-order valence-electron chi connectivity index (χ2n) is 5.34. The molecule has 3 heterocycles. The fraction of sp³-hybridized carbons (Fsp3) is 0.643. The fourth-order valence-electron chi connectivity index (χ4n) is 3.21. The summed E-state index contributed by atoms with van der Waals surface area (Å²) >= 11 is 0. The van der Waals surface area contributed by atoms with Crippen molar-refractivity contribution in [1.82, 2.24) is 15.2 Å². The van der Waals surface area contributed by atoms with E-state index in [0.717, 1.165) is 18.5 Å². The molecule has 3 heteroatoms. The highest BCUT2D eigenvalue weighted by molar-refractivity contribution is 5.09. The summed E-state index contributed by atoms with van der Waals surface area (Å²) in [5, 5.41) is 3.67. The first kappa shape index (κ1) is 11.2. The molecule has 0 amide bonds. The monoisotopic (exact) mass is 231 g/mol. The van der Waals surface area contributed by atoms with Gasteiger partial charge in [0.25, 0.3) is 0 Å². The van der Waals surface area contributed by atoms with Gasteiger partial charge >= 0.3 is 0 Å². The highest BCUT2D eigenvalue weighted by atomic mass is 15.2. The van der Waals surface area contributed by atoms with Crippen LogP contribution in [0.25, 0.3) is 0 Å². The molecule has 1 aromatic heterocycles. The van der Waals surface area contributed by atoms with E-state index in [9.17, 15) is 0 Å². The lowest BCUT2D eigenvalue weighted by molar-refractivity contribution is 0.109. The fourth-order valence-corrected chi connectivity index (χ4v) is 3.21. The summed E-state index contributed by atoms with van der Waals surface area (Å²) in [5.41, 5.74) is 1.39. The lowest BCUT2D eigenvalue weighted by Crippen LogP contribution is -2.51. The normalized spacial score (nSPS) is 29.9. The Balaban J connectivity index is 1.59. The zero-order chi connectivity index (χ0) is 11.5. The molecule has 17 heavy (non-hydrogen) atoms. The summed E-state index contributed by atoms with van der Waals surface area (Å²) < 4.78 is 0. The number of piperidine rings is 2. The van der Waals surface area contributed by atoms with Gasteiger partial charge in [0, 0.05) is 31.5 Å². The number of likely N-dealkylation sites (tertiary alicyclic amines) is 1. The Labute approximate surface area is 103 Å². The van der Waals surface area contributed by atoms with E-state index in [-0.39, 0.29) is 0 Å². The van der Waals surface area contributed by atoms with Crippen molar-refractivity contribution in [3.63, 3.8) is 0 Å². The molecule has 0 aromatic carbocycles. The van der Waals surface area contributed by atoms with Gasteiger partial charge in [0.1, 0.15) is 0 Å². The van der Waals surface area contributed by atoms with Crippen LogP contribution in [0.3, 0.4) is 0 Å². The summed E-state index contributed by atoms with van der Waals surface area (Å²) in [6.07, 6.45) is 7.86. The largest absolute Gasteiger partial charge is 0.314 e. The first-order chi connectivity index (χ1) is 8.42. The van der Waals surface area contributed by atoms with Gasteiger partial charge in [0.05, 0.1) is 0 Å². The Morgan fingerprint density at radius 3 is 3.06 bits per heavy atom. The van der Waals surface area contributed by atoms with Crippen molar-refractivity contribution in [3.8, 4) is 0 Å². The minimum absolute atomic E-state index is 0.789. The third kappa shape index (κ3) is 2.67. The zero-order valence-corrected chi connectivity index (χ0v) is 10.3. The van der Waals surface area contributed by atoms with Crippen molar-refractivity contribution >= 4 is 0 Å². The van der Waals surface area contributed by atoms with Gasteiger partial charge in [-0.25, -0.2) is 0 Å². The van der Waals surface area contributed by atoms with Gasteiger partial charge in [-0.05, 0) is 56.0 Å². The van der Waals surface area contributed by atoms with E-state index < -0.39 is 0 Å². The average molecular weight is 231 g/mol. The molecule has 3 rings (SSSR count). The Bertz CT molecular complexity index is 352. The molecule has 2 aliphatic rings. The van der Waals surface area contributed by atoms with E-state index in [1.165, 1.54) is 44.5 Å². The predicted molar refractivity (Wildman–Crippen MR) is 68.6 cm³/mol. The highest BCUT2D eigenvalue weighted by Gasteiger charge is 2.30. The Morgan fingerprint density at radius 2 is 2.18 bits per heavy atom. The van der Waals surface area contributed by atoms with Gasteiger partial charge in [0.15, 0.2) is 0 Å². The maximum Gasteiger partial charge on any atom is 0.0271 e. The first-order valence-corrected chi connectivity index (χ1v) is 6.76. The van der Waals surface area contributed by atoms with E-state index in [0.29, 0.717) is 0 Å². The Morgan fingerprint density at radius 1 is 1.29 bits per heavy atom. The standard InChI is InChI=1S/C14H21N3/c1-2-13-11-17(9-5-14(13)16-6-1)10-12-3-7-15-8-4-12/h3-4,7-8,13-14,16H,1-2,5-6,9-11H2. The Kier molecular flexibility index (Phi) is 3.39. The number of nitrogens with zero attached hydrogens (tertiary/aromatic N) is 2. The maximum atomic E-state index is 4.08. The molecule has 0 aliphatic carbocycles. The van der Waals surface area contributed by atoms with Crippen LogP contribution < -0.4 is 5.32 Å².